The van der Waals surface area contributed by atoms with Gasteiger partial charge in [0.05, 0.1) is 12.5 Å². The van der Waals surface area contributed by atoms with E-state index >= 15 is 0 Å². The van der Waals surface area contributed by atoms with E-state index in [1.54, 1.807) is 12.5 Å². The van der Waals surface area contributed by atoms with Crippen molar-refractivity contribution in [3.8, 4) is 0 Å². The Morgan fingerprint density at radius 3 is 2.92 bits per heavy atom. The van der Waals surface area contributed by atoms with Crippen molar-refractivity contribution in [3.63, 3.8) is 0 Å². The molecule has 0 atom stereocenters. The van der Waals surface area contributed by atoms with Crippen molar-refractivity contribution in [2.75, 3.05) is 0 Å². The highest BCUT2D eigenvalue weighted by Crippen LogP contribution is 1.98. The van der Waals surface area contributed by atoms with Crippen LogP contribution < -0.4 is 10.6 Å². The molecule has 0 saturated heterocycles. The molecule has 3 nitrogen and oxygen atoms in total. The highest BCUT2D eigenvalue weighted by atomic mass is 32.1. The van der Waals surface area contributed by atoms with E-state index in [9.17, 15) is 0 Å². The van der Waals surface area contributed by atoms with Gasteiger partial charge in [-0.1, -0.05) is 0 Å². The minimum absolute atomic E-state index is 0.365. The summed E-state index contributed by atoms with van der Waals surface area (Å²) < 4.78 is 4.92. The van der Waals surface area contributed by atoms with Crippen LogP contribution in [0.1, 0.15) is 19.4 Å². The van der Waals surface area contributed by atoms with Gasteiger partial charge in [-0.25, -0.2) is 0 Å². The molecule has 0 aliphatic heterocycles. The molecule has 0 aromatic carbocycles. The van der Waals surface area contributed by atoms with Gasteiger partial charge < -0.3 is 15.1 Å². The van der Waals surface area contributed by atoms with Crippen LogP contribution in [0, 0.1) is 0 Å². The lowest BCUT2D eigenvalue weighted by Crippen LogP contribution is -2.38. The van der Waals surface area contributed by atoms with Crippen LogP contribution in [-0.2, 0) is 6.54 Å². The van der Waals surface area contributed by atoms with Gasteiger partial charge in [0, 0.05) is 18.2 Å². The molecule has 0 spiro atoms. The molecular formula is C9H14N2OS. The average Bonchev–Trinajstić information content (AvgIpc) is 2.51. The van der Waals surface area contributed by atoms with E-state index < -0.39 is 0 Å². The Bertz CT molecular complexity index is 257. The molecule has 0 saturated carbocycles. The van der Waals surface area contributed by atoms with Crippen molar-refractivity contribution in [2.24, 2.45) is 0 Å². The number of hydrogen-bond acceptors (Lipinski definition) is 2. The first-order valence-electron chi connectivity index (χ1n) is 4.24. The van der Waals surface area contributed by atoms with Gasteiger partial charge in [-0.15, -0.1) is 0 Å². The zero-order chi connectivity index (χ0) is 9.68. The summed E-state index contributed by atoms with van der Waals surface area (Å²) >= 11 is 5.05. The largest absolute Gasteiger partial charge is 0.472 e. The molecule has 0 aliphatic rings. The van der Waals surface area contributed by atoms with E-state index in [0.717, 1.165) is 5.56 Å². The minimum atomic E-state index is 0.365. The molecule has 13 heavy (non-hydrogen) atoms. The van der Waals surface area contributed by atoms with E-state index in [2.05, 4.69) is 10.6 Å². The zero-order valence-corrected chi connectivity index (χ0v) is 8.65. The molecule has 2 N–H and O–H groups in total. The van der Waals surface area contributed by atoms with Crippen LogP contribution in [0.25, 0.3) is 0 Å². The third-order valence-corrected chi connectivity index (χ3v) is 1.72. The molecule has 1 aromatic rings. The zero-order valence-electron chi connectivity index (χ0n) is 7.83. The first-order chi connectivity index (χ1) is 6.18. The summed E-state index contributed by atoms with van der Waals surface area (Å²) in [6.45, 7) is 4.80. The van der Waals surface area contributed by atoms with E-state index in [4.69, 9.17) is 16.6 Å². The van der Waals surface area contributed by atoms with Crippen molar-refractivity contribution in [1.29, 1.82) is 0 Å². The fourth-order valence-electron chi connectivity index (χ4n) is 0.889. The van der Waals surface area contributed by atoms with Gasteiger partial charge in [0.2, 0.25) is 0 Å². The lowest BCUT2D eigenvalue weighted by molar-refractivity contribution is 0.563. The summed E-state index contributed by atoms with van der Waals surface area (Å²) in [5.41, 5.74) is 1.09. The summed E-state index contributed by atoms with van der Waals surface area (Å²) in [4.78, 5) is 0. The maximum atomic E-state index is 5.05. The molecule has 4 heteroatoms. The molecule has 0 aliphatic carbocycles. The van der Waals surface area contributed by atoms with Crippen LogP contribution in [0.15, 0.2) is 23.0 Å². The highest BCUT2D eigenvalue weighted by Gasteiger charge is 1.98. The van der Waals surface area contributed by atoms with Crippen LogP contribution in [0.4, 0.5) is 0 Å². The molecule has 0 fully saturated rings. The van der Waals surface area contributed by atoms with Gasteiger partial charge in [-0.2, -0.15) is 0 Å². The van der Waals surface area contributed by atoms with Gasteiger partial charge in [0.25, 0.3) is 0 Å². The summed E-state index contributed by atoms with van der Waals surface area (Å²) in [5, 5.41) is 6.85. The molecule has 0 unspecified atom stereocenters. The predicted molar refractivity (Wildman–Crippen MR) is 56.4 cm³/mol. The van der Waals surface area contributed by atoms with E-state index in [1.165, 1.54) is 0 Å². The maximum absolute atomic E-state index is 5.05. The topological polar surface area (TPSA) is 37.2 Å². The van der Waals surface area contributed by atoms with Gasteiger partial charge in [-0.3, -0.25) is 0 Å². The van der Waals surface area contributed by atoms with Crippen molar-refractivity contribution in [1.82, 2.24) is 10.6 Å². The Morgan fingerprint density at radius 1 is 1.62 bits per heavy atom. The molecular weight excluding hydrogens is 184 g/mol. The normalized spacial score (nSPS) is 10.1. The third-order valence-electron chi connectivity index (χ3n) is 1.45. The molecule has 1 rings (SSSR count). The van der Waals surface area contributed by atoms with Crippen LogP contribution in [0.3, 0.4) is 0 Å². The second kappa shape index (κ2) is 4.87. The van der Waals surface area contributed by atoms with Gasteiger partial charge in [-0.05, 0) is 32.1 Å². The summed E-state index contributed by atoms with van der Waals surface area (Å²) in [7, 11) is 0. The summed E-state index contributed by atoms with van der Waals surface area (Å²) in [6, 6.07) is 2.27. The fraction of sp³-hybridized carbons (Fsp3) is 0.444. The van der Waals surface area contributed by atoms with E-state index in [1.807, 2.05) is 19.9 Å². The van der Waals surface area contributed by atoms with Crippen molar-refractivity contribution in [3.05, 3.63) is 24.2 Å². The minimum Gasteiger partial charge on any atom is -0.472 e. The second-order valence-corrected chi connectivity index (χ2v) is 3.52. The lowest BCUT2D eigenvalue weighted by atomic mass is 10.3. The molecule has 0 bridgehead atoms. The lowest BCUT2D eigenvalue weighted by Gasteiger charge is -2.11. The molecule has 1 heterocycles. The number of rotatable bonds is 3. The number of thiocarbonyl (C=S) groups is 1. The Kier molecular flexibility index (Phi) is 3.76. The third kappa shape index (κ3) is 3.94. The smallest absolute Gasteiger partial charge is 0.166 e. The van der Waals surface area contributed by atoms with Crippen molar-refractivity contribution < 1.29 is 4.42 Å². The van der Waals surface area contributed by atoms with Gasteiger partial charge >= 0.3 is 0 Å². The van der Waals surface area contributed by atoms with Crippen LogP contribution in [0.2, 0.25) is 0 Å². The number of hydrogen-bond donors (Lipinski definition) is 2. The Balaban J connectivity index is 2.23. The predicted octanol–water partition coefficient (Wildman–Crippen LogP) is 1.65. The SMILES string of the molecule is CC(C)NC(=S)NCc1ccoc1. The monoisotopic (exact) mass is 198 g/mol. The average molecular weight is 198 g/mol. The first-order valence-corrected chi connectivity index (χ1v) is 4.64. The quantitative estimate of drug-likeness (QED) is 0.724. The van der Waals surface area contributed by atoms with Crippen LogP contribution in [0.5, 0.6) is 0 Å². The first kappa shape index (κ1) is 10.1. The second-order valence-electron chi connectivity index (χ2n) is 3.11. The van der Waals surface area contributed by atoms with Crippen molar-refractivity contribution >= 4 is 17.3 Å². The molecule has 0 radical (unpaired) electrons. The van der Waals surface area contributed by atoms with Crippen molar-refractivity contribution in [2.45, 2.75) is 26.4 Å². The van der Waals surface area contributed by atoms with Gasteiger partial charge in [0.15, 0.2) is 5.11 Å². The fourth-order valence-corrected chi connectivity index (χ4v) is 1.20. The maximum Gasteiger partial charge on any atom is 0.166 e. The molecule has 0 amide bonds. The Hall–Kier alpha value is -1.03. The standard InChI is InChI=1S/C9H14N2OS/c1-7(2)11-9(13)10-5-8-3-4-12-6-8/h3-4,6-7H,5H2,1-2H3,(H2,10,11,13). The molecule has 72 valence electrons. The van der Waals surface area contributed by atoms with Crippen LogP contribution in [-0.4, -0.2) is 11.2 Å². The summed E-state index contributed by atoms with van der Waals surface area (Å²) in [5.74, 6) is 0. The number of nitrogens with one attached hydrogen (secondary N) is 2. The number of furan rings is 1. The Morgan fingerprint density at radius 2 is 2.38 bits per heavy atom. The van der Waals surface area contributed by atoms with E-state index in [-0.39, 0.29) is 0 Å². The Labute approximate surface area is 83.5 Å². The summed E-state index contributed by atoms with van der Waals surface area (Å²) in [6.07, 6.45) is 3.35. The highest BCUT2D eigenvalue weighted by molar-refractivity contribution is 7.80. The molecule has 1 aromatic heterocycles. The van der Waals surface area contributed by atoms with E-state index in [0.29, 0.717) is 17.7 Å². The van der Waals surface area contributed by atoms with Gasteiger partial charge in [0.1, 0.15) is 0 Å². The van der Waals surface area contributed by atoms with Crippen LogP contribution >= 0.6 is 12.2 Å².